The van der Waals surface area contributed by atoms with Crippen molar-refractivity contribution in [3.05, 3.63) is 12.1 Å². The van der Waals surface area contributed by atoms with Crippen molar-refractivity contribution in [3.8, 4) is 17.2 Å². The van der Waals surface area contributed by atoms with E-state index >= 15 is 0 Å². The predicted octanol–water partition coefficient (Wildman–Crippen LogP) is 2.78. The Balaban J connectivity index is 0.00000106. The highest BCUT2D eigenvalue weighted by molar-refractivity contribution is 5.62. The van der Waals surface area contributed by atoms with E-state index in [0.29, 0.717) is 17.2 Å². The van der Waals surface area contributed by atoms with Gasteiger partial charge in [0.2, 0.25) is 5.75 Å². The van der Waals surface area contributed by atoms with Crippen molar-refractivity contribution in [1.82, 2.24) is 0 Å². The standard InChI is InChI=1S/C10H15NO3.C2H6/c1-11-7-5-8(12-2)10(14-4)9(6-7)13-3;1-2/h5-6,11H,1-4H3;1-2H3. The van der Waals surface area contributed by atoms with E-state index in [1.807, 2.05) is 33.0 Å². The Bertz CT molecular complexity index is 288. The zero-order valence-electron chi connectivity index (χ0n) is 10.9. The lowest BCUT2D eigenvalue weighted by Crippen LogP contribution is -1.97. The van der Waals surface area contributed by atoms with Crippen molar-refractivity contribution in [2.24, 2.45) is 0 Å². The molecular weight excluding hydrogens is 206 g/mol. The zero-order valence-corrected chi connectivity index (χ0v) is 10.9. The molecule has 1 aromatic rings. The van der Waals surface area contributed by atoms with Crippen LogP contribution >= 0.6 is 0 Å². The highest BCUT2D eigenvalue weighted by atomic mass is 16.5. The Labute approximate surface area is 97.5 Å². The van der Waals surface area contributed by atoms with Crippen LogP contribution in [0.4, 0.5) is 5.69 Å². The second kappa shape index (κ2) is 7.68. The first-order valence-corrected chi connectivity index (χ1v) is 5.24. The first-order valence-electron chi connectivity index (χ1n) is 5.24. The Hall–Kier alpha value is -1.58. The van der Waals surface area contributed by atoms with Gasteiger partial charge in [0.1, 0.15) is 0 Å². The lowest BCUT2D eigenvalue weighted by Gasteiger charge is -2.13. The third-order valence-corrected chi connectivity index (χ3v) is 1.95. The molecule has 0 saturated heterocycles. The van der Waals surface area contributed by atoms with Crippen LogP contribution in [0.25, 0.3) is 0 Å². The number of hydrogen-bond donors (Lipinski definition) is 1. The summed E-state index contributed by atoms with van der Waals surface area (Å²) in [7, 11) is 6.60. The van der Waals surface area contributed by atoms with Gasteiger partial charge < -0.3 is 19.5 Å². The molecular formula is C12H21NO3. The summed E-state index contributed by atoms with van der Waals surface area (Å²) in [6.07, 6.45) is 0. The van der Waals surface area contributed by atoms with Crippen LogP contribution in [0.3, 0.4) is 0 Å². The molecule has 1 N–H and O–H groups in total. The molecule has 0 saturated carbocycles. The molecule has 4 nitrogen and oxygen atoms in total. The van der Waals surface area contributed by atoms with Crippen LogP contribution in [-0.4, -0.2) is 28.4 Å². The average Bonchev–Trinajstić information content (AvgIpc) is 2.39. The van der Waals surface area contributed by atoms with E-state index in [0.717, 1.165) is 5.69 Å². The predicted molar refractivity (Wildman–Crippen MR) is 67.0 cm³/mol. The molecule has 1 rings (SSSR count). The van der Waals surface area contributed by atoms with E-state index in [2.05, 4.69) is 5.32 Å². The molecule has 0 fully saturated rings. The summed E-state index contributed by atoms with van der Waals surface area (Å²) in [5.41, 5.74) is 0.916. The van der Waals surface area contributed by atoms with Gasteiger partial charge in [0.05, 0.1) is 21.3 Å². The number of nitrogens with one attached hydrogen (secondary N) is 1. The Morgan fingerprint density at radius 3 is 1.56 bits per heavy atom. The minimum atomic E-state index is 0.606. The quantitative estimate of drug-likeness (QED) is 0.858. The molecule has 0 atom stereocenters. The summed E-state index contributed by atoms with van der Waals surface area (Å²) >= 11 is 0. The molecule has 0 aliphatic heterocycles. The topological polar surface area (TPSA) is 39.7 Å². The maximum Gasteiger partial charge on any atom is 0.203 e. The number of ether oxygens (including phenoxy) is 3. The van der Waals surface area contributed by atoms with Crippen molar-refractivity contribution in [2.45, 2.75) is 13.8 Å². The van der Waals surface area contributed by atoms with Gasteiger partial charge in [-0.15, -0.1) is 0 Å². The monoisotopic (exact) mass is 227 g/mol. The summed E-state index contributed by atoms with van der Waals surface area (Å²) in [6, 6.07) is 3.70. The molecule has 0 aromatic heterocycles. The van der Waals surface area contributed by atoms with E-state index in [1.165, 1.54) is 0 Å². The molecule has 92 valence electrons. The largest absolute Gasteiger partial charge is 0.493 e. The Morgan fingerprint density at radius 1 is 0.875 bits per heavy atom. The number of methoxy groups -OCH3 is 3. The molecule has 0 radical (unpaired) electrons. The number of anilines is 1. The lowest BCUT2D eigenvalue weighted by atomic mass is 10.2. The molecule has 1 aromatic carbocycles. The van der Waals surface area contributed by atoms with Crippen molar-refractivity contribution in [3.63, 3.8) is 0 Å². The normalized spacial score (nSPS) is 8.62. The fraction of sp³-hybridized carbons (Fsp3) is 0.500. The molecule has 0 aliphatic rings. The molecule has 0 aliphatic carbocycles. The van der Waals surface area contributed by atoms with Crippen LogP contribution in [0.5, 0.6) is 17.2 Å². The zero-order chi connectivity index (χ0) is 12.6. The molecule has 0 heterocycles. The summed E-state index contributed by atoms with van der Waals surface area (Å²) in [5, 5.41) is 3.01. The van der Waals surface area contributed by atoms with Crippen LogP contribution in [0.15, 0.2) is 12.1 Å². The Morgan fingerprint density at radius 2 is 1.31 bits per heavy atom. The fourth-order valence-electron chi connectivity index (χ4n) is 1.23. The van der Waals surface area contributed by atoms with E-state index in [9.17, 15) is 0 Å². The SMILES string of the molecule is CC.CNc1cc(OC)c(OC)c(OC)c1. The van der Waals surface area contributed by atoms with Crippen molar-refractivity contribution in [1.29, 1.82) is 0 Å². The summed E-state index contributed by atoms with van der Waals surface area (Å²) in [6.45, 7) is 4.00. The first kappa shape index (κ1) is 14.4. The molecule has 16 heavy (non-hydrogen) atoms. The minimum absolute atomic E-state index is 0.606. The smallest absolute Gasteiger partial charge is 0.203 e. The molecule has 0 unspecified atom stereocenters. The maximum absolute atomic E-state index is 5.18. The van der Waals surface area contributed by atoms with Gasteiger partial charge in [0.15, 0.2) is 11.5 Å². The third-order valence-electron chi connectivity index (χ3n) is 1.95. The van der Waals surface area contributed by atoms with Gasteiger partial charge in [-0.05, 0) is 0 Å². The first-order chi connectivity index (χ1) is 7.76. The van der Waals surface area contributed by atoms with Crippen LogP contribution < -0.4 is 19.5 Å². The summed E-state index contributed by atoms with van der Waals surface area (Å²) in [4.78, 5) is 0. The average molecular weight is 227 g/mol. The highest BCUT2D eigenvalue weighted by Crippen LogP contribution is 2.39. The summed E-state index contributed by atoms with van der Waals surface area (Å²) in [5.74, 6) is 1.90. The number of hydrogen-bond acceptors (Lipinski definition) is 4. The second-order valence-electron chi connectivity index (χ2n) is 2.66. The van der Waals surface area contributed by atoms with Gasteiger partial charge in [-0.3, -0.25) is 0 Å². The second-order valence-corrected chi connectivity index (χ2v) is 2.66. The summed E-state index contributed by atoms with van der Waals surface area (Å²) < 4.78 is 15.5. The van der Waals surface area contributed by atoms with Crippen LogP contribution in [0.2, 0.25) is 0 Å². The van der Waals surface area contributed by atoms with E-state index in [1.54, 1.807) is 21.3 Å². The van der Waals surface area contributed by atoms with E-state index in [-0.39, 0.29) is 0 Å². The highest BCUT2D eigenvalue weighted by Gasteiger charge is 2.11. The van der Waals surface area contributed by atoms with E-state index < -0.39 is 0 Å². The van der Waals surface area contributed by atoms with E-state index in [4.69, 9.17) is 14.2 Å². The van der Waals surface area contributed by atoms with Crippen LogP contribution in [0.1, 0.15) is 13.8 Å². The van der Waals surface area contributed by atoms with Gasteiger partial charge in [0.25, 0.3) is 0 Å². The lowest BCUT2D eigenvalue weighted by molar-refractivity contribution is 0.324. The van der Waals surface area contributed by atoms with Crippen LogP contribution in [0, 0.1) is 0 Å². The van der Waals surface area contributed by atoms with Crippen LogP contribution in [-0.2, 0) is 0 Å². The molecule has 0 bridgehead atoms. The molecule has 0 amide bonds. The number of rotatable bonds is 4. The maximum atomic E-state index is 5.18. The van der Waals surface area contributed by atoms with Gasteiger partial charge >= 0.3 is 0 Å². The van der Waals surface area contributed by atoms with Gasteiger partial charge in [-0.25, -0.2) is 0 Å². The van der Waals surface area contributed by atoms with Gasteiger partial charge in [0, 0.05) is 24.9 Å². The van der Waals surface area contributed by atoms with Crippen molar-refractivity contribution >= 4 is 5.69 Å². The van der Waals surface area contributed by atoms with Gasteiger partial charge in [-0.2, -0.15) is 0 Å². The molecule has 0 spiro atoms. The fourth-order valence-corrected chi connectivity index (χ4v) is 1.23. The molecule has 4 heteroatoms. The van der Waals surface area contributed by atoms with Gasteiger partial charge in [-0.1, -0.05) is 13.8 Å². The minimum Gasteiger partial charge on any atom is -0.493 e. The third kappa shape index (κ3) is 3.22. The Kier molecular flexibility index (Phi) is 6.92. The van der Waals surface area contributed by atoms with Crippen molar-refractivity contribution < 1.29 is 14.2 Å². The number of benzene rings is 1. The van der Waals surface area contributed by atoms with Crippen molar-refractivity contribution in [2.75, 3.05) is 33.7 Å².